The number of para-hydroxylation sites is 1. The number of hydrogen-bond acceptors (Lipinski definition) is 6. The quantitative estimate of drug-likeness (QED) is 0.659. The zero-order valence-electron chi connectivity index (χ0n) is 9.07. The van der Waals surface area contributed by atoms with Crippen LogP contribution in [0.25, 0.3) is 0 Å². The fraction of sp³-hybridized carbons (Fsp3) is 0.222. The molecule has 0 aliphatic carbocycles. The van der Waals surface area contributed by atoms with Crippen molar-refractivity contribution in [2.24, 2.45) is 4.99 Å². The van der Waals surface area contributed by atoms with Crippen molar-refractivity contribution in [3.63, 3.8) is 0 Å². The second-order valence-corrected chi connectivity index (χ2v) is 6.10. The third kappa shape index (κ3) is 2.62. The Kier molecular flexibility index (Phi) is 3.53. The molecule has 0 radical (unpaired) electrons. The second-order valence-electron chi connectivity index (χ2n) is 3.37. The lowest BCUT2D eigenvalue weighted by atomic mass is 10.3. The van der Waals surface area contributed by atoms with Gasteiger partial charge in [0.25, 0.3) is 15.7 Å². The molecule has 0 atom stereocenters. The Hall–Kier alpha value is -1.61. The summed E-state index contributed by atoms with van der Waals surface area (Å²) in [6, 6.07) is 5.20. The summed E-state index contributed by atoms with van der Waals surface area (Å²) in [5, 5.41) is 11.1. The maximum absolute atomic E-state index is 12.0. The normalized spacial score (nSPS) is 15.2. The first kappa shape index (κ1) is 12.8. The molecule has 1 aromatic carbocycles. The summed E-state index contributed by atoms with van der Waals surface area (Å²) < 4.78 is 26.3. The molecule has 0 aromatic heterocycles. The van der Waals surface area contributed by atoms with Crippen LogP contribution >= 0.6 is 11.8 Å². The lowest BCUT2D eigenvalue weighted by molar-refractivity contribution is -0.387. The zero-order valence-corrected chi connectivity index (χ0v) is 10.7. The minimum atomic E-state index is -3.96. The lowest BCUT2D eigenvalue weighted by Gasteiger charge is -2.07. The zero-order chi connectivity index (χ0) is 13.2. The average molecular weight is 287 g/mol. The molecule has 1 heterocycles. The van der Waals surface area contributed by atoms with Crippen LogP contribution in [-0.4, -0.2) is 30.8 Å². The Morgan fingerprint density at radius 2 is 2.11 bits per heavy atom. The molecule has 2 rings (SSSR count). The smallest absolute Gasteiger partial charge is 0.261 e. The maximum atomic E-state index is 12.0. The van der Waals surface area contributed by atoms with Crippen molar-refractivity contribution in [3.8, 4) is 0 Å². The van der Waals surface area contributed by atoms with Gasteiger partial charge in [0.1, 0.15) is 0 Å². The van der Waals surface area contributed by atoms with Gasteiger partial charge in [-0.05, 0) is 6.07 Å². The van der Waals surface area contributed by atoms with Gasteiger partial charge in [0.15, 0.2) is 10.1 Å². The molecule has 1 N–H and O–H groups in total. The number of thioether (sulfide) groups is 1. The van der Waals surface area contributed by atoms with Crippen LogP contribution in [0.1, 0.15) is 0 Å². The van der Waals surface area contributed by atoms with E-state index in [1.807, 2.05) is 0 Å². The number of nitro benzene ring substituents is 1. The fourth-order valence-corrected chi connectivity index (χ4v) is 3.61. The van der Waals surface area contributed by atoms with Gasteiger partial charge in [-0.2, -0.15) is 0 Å². The van der Waals surface area contributed by atoms with Gasteiger partial charge >= 0.3 is 0 Å². The standard InChI is InChI=1S/C9H9N3O4S2/c13-12(14)7-3-1-2-4-8(7)18(15,16)11-9-10-5-6-17-9/h1-4H,5-6H2,(H,10,11). The first-order chi connectivity index (χ1) is 8.50. The predicted octanol–water partition coefficient (Wildman–Crippen LogP) is 0.976. The molecule has 7 nitrogen and oxygen atoms in total. The highest BCUT2D eigenvalue weighted by atomic mass is 32.2. The number of rotatable bonds is 3. The van der Waals surface area contributed by atoms with E-state index in [0.717, 1.165) is 6.07 Å². The monoisotopic (exact) mass is 287 g/mol. The van der Waals surface area contributed by atoms with Crippen molar-refractivity contribution in [1.29, 1.82) is 0 Å². The molecule has 0 unspecified atom stereocenters. The van der Waals surface area contributed by atoms with Crippen molar-refractivity contribution in [1.82, 2.24) is 4.72 Å². The topological polar surface area (TPSA) is 102 Å². The molecule has 1 aliphatic heterocycles. The number of amidine groups is 1. The predicted molar refractivity (Wildman–Crippen MR) is 68.2 cm³/mol. The fourth-order valence-electron chi connectivity index (χ4n) is 1.40. The largest absolute Gasteiger partial charge is 0.289 e. The maximum Gasteiger partial charge on any atom is 0.289 e. The molecule has 0 spiro atoms. The average Bonchev–Trinajstić information content (AvgIpc) is 2.81. The van der Waals surface area contributed by atoms with Gasteiger partial charge in [0.05, 0.1) is 11.5 Å². The molecule has 0 bridgehead atoms. The third-order valence-corrected chi connectivity index (χ3v) is 4.57. The van der Waals surface area contributed by atoms with Crippen LogP contribution in [0.2, 0.25) is 0 Å². The number of sulfonamides is 1. The first-order valence-corrected chi connectivity index (χ1v) is 7.41. The van der Waals surface area contributed by atoms with Gasteiger partial charge in [-0.25, -0.2) is 8.42 Å². The minimum Gasteiger partial charge on any atom is -0.261 e. The van der Waals surface area contributed by atoms with Gasteiger partial charge in [-0.1, -0.05) is 23.9 Å². The molecule has 96 valence electrons. The summed E-state index contributed by atoms with van der Waals surface area (Å²) in [5.74, 6) is 0.703. The minimum absolute atomic E-state index is 0.271. The van der Waals surface area contributed by atoms with Gasteiger partial charge in [-0.15, -0.1) is 0 Å². The Labute approximate surface area is 108 Å². The van der Waals surface area contributed by atoms with Crippen LogP contribution in [0.4, 0.5) is 5.69 Å². The Morgan fingerprint density at radius 1 is 1.39 bits per heavy atom. The highest BCUT2D eigenvalue weighted by Crippen LogP contribution is 2.23. The highest BCUT2D eigenvalue weighted by molar-refractivity contribution is 8.15. The summed E-state index contributed by atoms with van der Waals surface area (Å²) in [7, 11) is -3.96. The van der Waals surface area contributed by atoms with E-state index in [2.05, 4.69) is 9.71 Å². The van der Waals surface area contributed by atoms with Gasteiger partial charge < -0.3 is 0 Å². The van der Waals surface area contributed by atoms with Gasteiger partial charge in [-0.3, -0.25) is 19.8 Å². The number of hydrogen-bond donors (Lipinski definition) is 1. The summed E-state index contributed by atoms with van der Waals surface area (Å²) >= 11 is 1.27. The second kappa shape index (κ2) is 4.94. The Balaban J connectivity index is 2.38. The molecule has 9 heteroatoms. The molecule has 0 saturated carbocycles. The molecule has 0 saturated heterocycles. The molecule has 1 aromatic rings. The Bertz CT molecular complexity index is 612. The van der Waals surface area contributed by atoms with Crippen molar-refractivity contribution >= 4 is 32.6 Å². The summed E-state index contributed by atoms with van der Waals surface area (Å²) in [4.78, 5) is 13.6. The SMILES string of the molecule is O=[N+]([O-])c1ccccc1S(=O)(=O)NC1=NCCS1. The number of aliphatic imine (C=N–C) groups is 1. The van der Waals surface area contributed by atoms with Gasteiger partial charge in [0, 0.05) is 11.8 Å². The molecule has 1 aliphatic rings. The van der Waals surface area contributed by atoms with Crippen LogP contribution in [0.15, 0.2) is 34.2 Å². The number of nitrogens with one attached hydrogen (secondary N) is 1. The van der Waals surface area contributed by atoms with Crippen LogP contribution in [0.3, 0.4) is 0 Å². The van der Waals surface area contributed by atoms with Crippen molar-refractivity contribution < 1.29 is 13.3 Å². The van der Waals surface area contributed by atoms with Crippen LogP contribution < -0.4 is 4.72 Å². The Morgan fingerprint density at radius 3 is 2.72 bits per heavy atom. The summed E-state index contributed by atoms with van der Waals surface area (Å²) in [6.45, 7) is 0.541. The van der Waals surface area contributed by atoms with E-state index in [1.54, 1.807) is 0 Å². The number of nitro groups is 1. The van der Waals surface area contributed by atoms with E-state index >= 15 is 0 Å². The van der Waals surface area contributed by atoms with Crippen molar-refractivity contribution in [3.05, 3.63) is 34.4 Å². The van der Waals surface area contributed by atoms with Crippen LogP contribution in [0, 0.1) is 10.1 Å². The first-order valence-electron chi connectivity index (χ1n) is 4.94. The van der Waals surface area contributed by atoms with E-state index in [-0.39, 0.29) is 10.1 Å². The van der Waals surface area contributed by atoms with Gasteiger partial charge in [0.2, 0.25) is 0 Å². The molecular weight excluding hydrogens is 278 g/mol. The number of nitrogens with zero attached hydrogens (tertiary/aromatic N) is 2. The third-order valence-electron chi connectivity index (χ3n) is 2.16. The molecular formula is C9H9N3O4S2. The lowest BCUT2D eigenvalue weighted by Crippen LogP contribution is -2.28. The van der Waals surface area contributed by atoms with E-state index in [9.17, 15) is 18.5 Å². The van der Waals surface area contributed by atoms with E-state index in [0.29, 0.717) is 12.3 Å². The van der Waals surface area contributed by atoms with Crippen molar-refractivity contribution in [2.45, 2.75) is 4.90 Å². The van der Waals surface area contributed by atoms with Crippen molar-refractivity contribution in [2.75, 3.05) is 12.3 Å². The van der Waals surface area contributed by atoms with Crippen LogP contribution in [-0.2, 0) is 10.0 Å². The summed E-state index contributed by atoms with van der Waals surface area (Å²) in [5.41, 5.74) is -0.450. The molecule has 0 fully saturated rings. The summed E-state index contributed by atoms with van der Waals surface area (Å²) in [6.07, 6.45) is 0. The van der Waals surface area contributed by atoms with Crippen LogP contribution in [0.5, 0.6) is 0 Å². The number of benzene rings is 1. The molecule has 0 amide bonds. The van der Waals surface area contributed by atoms with E-state index in [4.69, 9.17) is 0 Å². The molecule has 18 heavy (non-hydrogen) atoms. The van der Waals surface area contributed by atoms with E-state index in [1.165, 1.54) is 30.0 Å². The highest BCUT2D eigenvalue weighted by Gasteiger charge is 2.26. The van der Waals surface area contributed by atoms with E-state index < -0.39 is 20.6 Å².